The van der Waals surface area contributed by atoms with Crippen LogP contribution in [0.15, 0.2) is 83.3 Å². The van der Waals surface area contributed by atoms with Crippen molar-refractivity contribution in [1.29, 1.82) is 0 Å². The largest absolute Gasteiger partial charge is 0.491 e. The topological polar surface area (TPSA) is 535 Å². The molecule has 0 radical (unpaired) electrons. The summed E-state index contributed by atoms with van der Waals surface area (Å²) in [6.07, 6.45) is 1.39. The number of nitrogens with one attached hydrogen (secondary N) is 4. The molecule has 30 heteroatoms. The third-order valence-corrected chi connectivity index (χ3v) is 11.7. The molecule has 0 saturated carbocycles. The lowest BCUT2D eigenvalue weighted by Gasteiger charge is -2.20. The molecule has 398 valence electrons. The molecule has 0 aromatic heterocycles. The Morgan fingerprint density at radius 2 is 0.849 bits per heavy atom. The van der Waals surface area contributed by atoms with Gasteiger partial charge in [0.25, 0.3) is 11.8 Å². The Balaban J connectivity index is 2.14. The van der Waals surface area contributed by atoms with E-state index in [1.54, 1.807) is 36.4 Å². The molecule has 3 rings (SSSR count). The van der Waals surface area contributed by atoms with Crippen LogP contribution in [0.3, 0.4) is 0 Å². The van der Waals surface area contributed by atoms with Crippen molar-refractivity contribution in [3.63, 3.8) is 0 Å². The van der Waals surface area contributed by atoms with E-state index >= 15 is 0 Å². The van der Waals surface area contributed by atoms with Gasteiger partial charge in [0, 0.05) is 37.2 Å². The van der Waals surface area contributed by atoms with E-state index in [4.69, 9.17) is 84.0 Å². The molecule has 28 nitrogen and oxygen atoms in total. The fraction of sp³-hybridized carbons (Fsp3) is 0.372. The number of nitrogens with two attached hydrogens (primary N) is 13. The lowest BCUT2D eigenvalue weighted by molar-refractivity contribution is -0.118. The highest BCUT2D eigenvalue weighted by Crippen LogP contribution is 2.38. The minimum atomic E-state index is -0.937. The summed E-state index contributed by atoms with van der Waals surface area (Å²) in [5, 5.41) is 11.5. The van der Waals surface area contributed by atoms with Gasteiger partial charge in [0.1, 0.15) is 24.7 Å². The molecule has 0 aliphatic rings. The zero-order valence-electron chi connectivity index (χ0n) is 40.2. The Bertz CT molecular complexity index is 2490. The summed E-state index contributed by atoms with van der Waals surface area (Å²) in [6.45, 7) is 0.819. The number of hydrogen-bond donors (Lipinski definition) is 17. The number of hydrogen-bond acceptors (Lipinski definition) is 16. The molecule has 3 aromatic rings. The van der Waals surface area contributed by atoms with Crippen molar-refractivity contribution in [3.05, 3.63) is 59.7 Å². The molecule has 73 heavy (non-hydrogen) atoms. The zero-order valence-corrected chi connectivity index (χ0v) is 41.8. The summed E-state index contributed by atoms with van der Waals surface area (Å²) in [6, 6.07) is 10.5. The predicted octanol–water partition coefficient (Wildman–Crippen LogP) is -2.45. The maximum Gasteiger partial charge on any atom is 0.259 e. The smallest absolute Gasteiger partial charge is 0.259 e. The minimum Gasteiger partial charge on any atom is -0.491 e. The Morgan fingerprint density at radius 3 is 1.23 bits per heavy atom. The van der Waals surface area contributed by atoms with Gasteiger partial charge in [0.05, 0.1) is 75.4 Å². The van der Waals surface area contributed by atoms with E-state index < -0.39 is 35.7 Å². The first kappa shape index (κ1) is 59.4. The number of nitrogens with zero attached hydrogens (tertiary/aromatic N) is 5. The van der Waals surface area contributed by atoms with E-state index in [0.29, 0.717) is 45.5 Å². The Labute approximate surface area is 430 Å². The average Bonchev–Trinajstić information content (AvgIpc) is 3.33. The van der Waals surface area contributed by atoms with Crippen molar-refractivity contribution < 1.29 is 28.7 Å². The molecule has 0 fully saturated rings. The Hall–Kier alpha value is -7.93. The van der Waals surface area contributed by atoms with Gasteiger partial charge in [-0.3, -0.25) is 44.1 Å². The third-order valence-electron chi connectivity index (χ3n) is 9.50. The maximum atomic E-state index is 14.7. The highest BCUT2D eigenvalue weighted by molar-refractivity contribution is 7.99. The highest BCUT2D eigenvalue weighted by Gasteiger charge is 2.26. The summed E-state index contributed by atoms with van der Waals surface area (Å²) in [7, 11) is 0. The fourth-order valence-electron chi connectivity index (χ4n) is 6.21. The van der Waals surface area contributed by atoms with Crippen LogP contribution in [0.2, 0.25) is 0 Å². The number of thioether (sulfide) groups is 2. The van der Waals surface area contributed by atoms with Gasteiger partial charge >= 0.3 is 0 Å². The molecule has 0 spiro atoms. The molecule has 0 unspecified atom stereocenters. The highest BCUT2D eigenvalue weighted by atomic mass is 32.2. The molecule has 2 atom stereocenters. The predicted molar refractivity (Wildman–Crippen MR) is 292 cm³/mol. The molecule has 0 bridgehead atoms. The van der Waals surface area contributed by atoms with Crippen molar-refractivity contribution in [2.45, 2.75) is 47.6 Å². The standard InChI is InChI=1S/C43H68N22O6S2/c44-11-17-70-31-22-32(71-18-14-59-41(51)52)24(36(67)63-28-8-2-10-30(34(28)73-20-16-61-43(55)56)65-38(69)26(46)6-4-13-58-40(49)50)21-23(31)35(66)62-27-7-1-9-29(33(27)72-19-15-60-42(53)54)64-37(68)25(45)5-3-12-57-39(47)48/h1-2,7-10,21-22,25-26H,3-6,11-20,44-46H2,(H,62,66)(H,63,67)(H,64,68)(H,65,69)(H4,47,48,57)(H4,49,50,58)(H4,51,52,59)(H4,53,54,60)(H4,55,56,61)/t25-,26-/m1/s1. The molecular formula is C43H68N22O6S2. The van der Waals surface area contributed by atoms with Crippen molar-refractivity contribution in [2.75, 3.05) is 85.3 Å². The number of rotatable bonds is 31. The number of carbonyl (C=O) groups is 4. The monoisotopic (exact) mass is 1050 g/mol. The molecule has 0 heterocycles. The van der Waals surface area contributed by atoms with Crippen LogP contribution < -0.4 is 105 Å². The number of benzene rings is 3. The maximum absolute atomic E-state index is 14.7. The van der Waals surface area contributed by atoms with Crippen LogP contribution in [0.4, 0.5) is 22.7 Å². The first-order valence-corrected chi connectivity index (χ1v) is 24.5. The fourth-order valence-corrected chi connectivity index (χ4v) is 8.08. The van der Waals surface area contributed by atoms with E-state index in [0.717, 1.165) is 0 Å². The summed E-state index contributed by atoms with van der Waals surface area (Å²) in [5.41, 5.74) is 74.2. The molecule has 30 N–H and O–H groups in total. The number of aliphatic imine (C=N–C) groups is 5. The number of guanidine groups is 5. The third kappa shape index (κ3) is 21.5. The van der Waals surface area contributed by atoms with E-state index in [1.165, 1.54) is 35.7 Å². The van der Waals surface area contributed by atoms with Crippen molar-refractivity contribution >= 4 is 99.7 Å². The van der Waals surface area contributed by atoms with E-state index in [1.807, 2.05) is 0 Å². The number of carbonyl (C=O) groups excluding carboxylic acids is 4. The Kier molecular flexibility index (Phi) is 25.6. The SMILES string of the molecule is NCCOc1cc(OCCN=C(N)N)c(C(=O)Nc2cccc(NC(=O)[C@H](N)CCCN=C(N)N)c2SCCN=C(N)N)cc1C(=O)Nc1cccc(NC(=O)[C@H](N)CCCN=C(N)N)c1SCCN=C(N)N. The summed E-state index contributed by atoms with van der Waals surface area (Å²) < 4.78 is 12.0. The van der Waals surface area contributed by atoms with Crippen LogP contribution in [0, 0.1) is 0 Å². The molecule has 0 aliphatic carbocycles. The van der Waals surface area contributed by atoms with E-state index in [2.05, 4.69) is 46.2 Å². The van der Waals surface area contributed by atoms with Gasteiger partial charge in [-0.05, 0) is 56.0 Å². The van der Waals surface area contributed by atoms with Gasteiger partial charge in [0.15, 0.2) is 29.8 Å². The van der Waals surface area contributed by atoms with Crippen molar-refractivity contribution in [1.82, 2.24) is 0 Å². The van der Waals surface area contributed by atoms with Gasteiger partial charge in [-0.25, -0.2) is 0 Å². The lowest BCUT2D eigenvalue weighted by atomic mass is 10.1. The second-order valence-corrected chi connectivity index (χ2v) is 17.5. The van der Waals surface area contributed by atoms with E-state index in [-0.39, 0.29) is 129 Å². The van der Waals surface area contributed by atoms with Crippen LogP contribution >= 0.6 is 23.5 Å². The summed E-state index contributed by atoms with van der Waals surface area (Å²) >= 11 is 2.46. The lowest BCUT2D eigenvalue weighted by Crippen LogP contribution is -2.36. The number of amides is 4. The average molecular weight is 1050 g/mol. The summed E-state index contributed by atoms with van der Waals surface area (Å²) in [5.74, 6) is -2.53. The molecular weight excluding hydrogens is 985 g/mol. The van der Waals surface area contributed by atoms with E-state index in [9.17, 15) is 19.2 Å². The van der Waals surface area contributed by atoms with Crippen LogP contribution in [0.25, 0.3) is 0 Å². The van der Waals surface area contributed by atoms with Crippen LogP contribution in [-0.2, 0) is 9.59 Å². The van der Waals surface area contributed by atoms with Gasteiger partial charge in [-0.1, -0.05) is 12.1 Å². The van der Waals surface area contributed by atoms with Gasteiger partial charge in [-0.15, -0.1) is 23.5 Å². The van der Waals surface area contributed by atoms with Gasteiger partial charge in [0.2, 0.25) is 11.8 Å². The zero-order chi connectivity index (χ0) is 53.9. The second kappa shape index (κ2) is 31.4. The normalized spacial score (nSPS) is 11.4. The molecule has 4 amide bonds. The van der Waals surface area contributed by atoms with Crippen LogP contribution in [0.5, 0.6) is 11.5 Å². The quantitative estimate of drug-likeness (QED) is 0.0138. The molecule has 3 aromatic carbocycles. The van der Waals surface area contributed by atoms with Crippen molar-refractivity contribution in [2.24, 2.45) is 99.5 Å². The first-order chi connectivity index (χ1) is 34.8. The number of anilines is 4. The summed E-state index contributed by atoms with van der Waals surface area (Å²) in [4.78, 5) is 76.7. The van der Waals surface area contributed by atoms with Crippen molar-refractivity contribution in [3.8, 4) is 11.5 Å². The van der Waals surface area contributed by atoms with Crippen LogP contribution in [-0.4, -0.2) is 129 Å². The molecule has 0 saturated heterocycles. The second-order valence-electron chi connectivity index (χ2n) is 15.3. The molecule has 0 aliphatic heterocycles. The first-order valence-electron chi connectivity index (χ1n) is 22.5. The van der Waals surface area contributed by atoms with Gasteiger partial charge < -0.3 is 105 Å². The Morgan fingerprint density at radius 1 is 0.493 bits per heavy atom. The number of ether oxygens (including phenoxy) is 2. The van der Waals surface area contributed by atoms with Gasteiger partial charge in [-0.2, -0.15) is 0 Å². The minimum absolute atomic E-state index is 0.00124. The van der Waals surface area contributed by atoms with Crippen LogP contribution in [0.1, 0.15) is 46.4 Å².